The molecule has 1 saturated carbocycles. The van der Waals surface area contributed by atoms with E-state index in [2.05, 4.69) is 18.1 Å². The number of hydrogen-bond donors (Lipinski definition) is 1. The van der Waals surface area contributed by atoms with Gasteiger partial charge >= 0.3 is 0 Å². The van der Waals surface area contributed by atoms with Gasteiger partial charge < -0.3 is 10.0 Å². The summed E-state index contributed by atoms with van der Waals surface area (Å²) in [5, 5.41) is 14.5. The Balaban J connectivity index is 1.25. The van der Waals surface area contributed by atoms with Crippen molar-refractivity contribution in [1.29, 1.82) is 0 Å². The van der Waals surface area contributed by atoms with E-state index in [9.17, 15) is 22.7 Å². The molecule has 0 bridgehead atoms. The van der Waals surface area contributed by atoms with Crippen molar-refractivity contribution in [2.24, 2.45) is 11.3 Å². The quantitative estimate of drug-likeness (QED) is 0.280. The van der Waals surface area contributed by atoms with Crippen LogP contribution in [0.1, 0.15) is 42.1 Å². The Hall–Kier alpha value is -4.08. The van der Waals surface area contributed by atoms with Crippen LogP contribution in [0, 0.1) is 17.2 Å². The van der Waals surface area contributed by atoms with Gasteiger partial charge in [-0.1, -0.05) is 55.0 Å². The third-order valence-electron chi connectivity index (χ3n) is 8.94. The van der Waals surface area contributed by atoms with Gasteiger partial charge in [-0.3, -0.25) is 4.79 Å². The molecule has 1 fully saturated rings. The number of carbonyl (C=O) groups excluding carboxylic acids is 1. The molecule has 0 spiro atoms. The van der Waals surface area contributed by atoms with Crippen LogP contribution in [0.15, 0.2) is 95.5 Å². The number of aliphatic hydroxyl groups is 1. The summed E-state index contributed by atoms with van der Waals surface area (Å²) in [6, 6.07) is 21.9. The van der Waals surface area contributed by atoms with Crippen LogP contribution < -0.4 is 0 Å². The molecule has 0 radical (unpaired) electrons. The van der Waals surface area contributed by atoms with Crippen LogP contribution in [0.4, 0.5) is 4.39 Å². The molecule has 2 atom stereocenters. The molecule has 2 aliphatic carbocycles. The monoisotopic (exact) mass is 599 g/mol. The molecule has 0 unspecified atom stereocenters. The fraction of sp³-hybridized carbons (Fsp3) is 0.294. The molecule has 0 aliphatic heterocycles. The summed E-state index contributed by atoms with van der Waals surface area (Å²) < 4.78 is 41.7. The lowest BCUT2D eigenvalue weighted by atomic mass is 9.69. The largest absolute Gasteiger partial charge is 0.395 e. The molecular weight excluding hydrogens is 565 g/mol. The second kappa shape index (κ2) is 11.5. The predicted molar refractivity (Wildman–Crippen MR) is 162 cm³/mol. The van der Waals surface area contributed by atoms with Gasteiger partial charge in [0.15, 0.2) is 9.84 Å². The number of aromatic nitrogens is 2. The van der Waals surface area contributed by atoms with Crippen LogP contribution in [-0.4, -0.2) is 47.3 Å². The maximum Gasteiger partial charge on any atom is 0.226 e. The number of benzene rings is 3. The SMILES string of the molecule is C[C@]12Cc3cnn(-c4ccc(F)cc4)c3C=C1CC[C@@H]2C(=O)N(CCO)Cc1ccccc1CS(=O)(=O)c1ccccc1. The average Bonchev–Trinajstić information content (AvgIpc) is 3.56. The third kappa shape index (κ3) is 5.55. The molecule has 7 nitrogen and oxygen atoms in total. The lowest BCUT2D eigenvalue weighted by molar-refractivity contribution is -0.139. The summed E-state index contributed by atoms with van der Waals surface area (Å²) >= 11 is 0. The summed E-state index contributed by atoms with van der Waals surface area (Å²) in [5.41, 5.74) is 4.90. The van der Waals surface area contributed by atoms with Crippen LogP contribution in [0.25, 0.3) is 11.8 Å². The fourth-order valence-electron chi connectivity index (χ4n) is 6.61. The topological polar surface area (TPSA) is 92.5 Å². The van der Waals surface area contributed by atoms with Crippen molar-refractivity contribution in [2.45, 2.75) is 43.4 Å². The third-order valence-corrected chi connectivity index (χ3v) is 10.6. The number of allylic oxidation sites excluding steroid dienone is 1. The van der Waals surface area contributed by atoms with Gasteiger partial charge in [-0.15, -0.1) is 0 Å². The van der Waals surface area contributed by atoms with Crippen LogP contribution >= 0.6 is 0 Å². The molecule has 1 aromatic heterocycles. The Morgan fingerprint density at radius 1 is 1.05 bits per heavy atom. The maximum absolute atomic E-state index is 14.2. The smallest absolute Gasteiger partial charge is 0.226 e. The van der Waals surface area contributed by atoms with Gasteiger partial charge in [0.05, 0.1) is 34.8 Å². The second-order valence-electron chi connectivity index (χ2n) is 11.6. The van der Waals surface area contributed by atoms with Gasteiger partial charge in [-0.05, 0) is 78.4 Å². The van der Waals surface area contributed by atoms with Crippen molar-refractivity contribution in [2.75, 3.05) is 13.2 Å². The summed E-state index contributed by atoms with van der Waals surface area (Å²) in [4.78, 5) is 16.1. The average molecular weight is 600 g/mol. The minimum atomic E-state index is -3.58. The summed E-state index contributed by atoms with van der Waals surface area (Å²) in [5.74, 6) is -0.827. The van der Waals surface area contributed by atoms with Crippen molar-refractivity contribution < 1.29 is 22.7 Å². The van der Waals surface area contributed by atoms with Gasteiger partial charge in [-0.2, -0.15) is 5.10 Å². The van der Waals surface area contributed by atoms with Crippen molar-refractivity contribution in [3.8, 4) is 5.69 Å². The Kier molecular flexibility index (Phi) is 7.79. The van der Waals surface area contributed by atoms with Crippen LogP contribution in [0.2, 0.25) is 0 Å². The normalized spacial score (nSPS) is 19.4. The van der Waals surface area contributed by atoms with E-state index in [1.807, 2.05) is 23.0 Å². The molecule has 0 saturated heterocycles. The Bertz CT molecular complexity index is 1780. The standard InChI is InChI=1S/C34H34FN3O4S/c1-34-20-26-21-36-38(29-14-12-28(35)13-15-29)32(26)19-27(34)11-16-31(34)33(40)37(17-18-39)22-24-7-5-6-8-25(24)23-43(41,42)30-9-3-2-4-10-30/h2-10,12-15,19,21,31,39H,11,16-18,20,22-23H2,1H3/t31-,34+/m1/s1. The first-order chi connectivity index (χ1) is 20.7. The van der Waals surface area contributed by atoms with Crippen molar-refractivity contribution in [3.05, 3.63) is 119 Å². The molecule has 9 heteroatoms. The Morgan fingerprint density at radius 2 is 1.74 bits per heavy atom. The molecular formula is C34H34FN3O4S. The number of carbonyl (C=O) groups is 1. The molecule has 43 heavy (non-hydrogen) atoms. The van der Waals surface area contributed by atoms with Gasteiger partial charge in [0.25, 0.3) is 0 Å². The highest BCUT2D eigenvalue weighted by Gasteiger charge is 2.49. The summed E-state index contributed by atoms with van der Waals surface area (Å²) in [6.07, 6.45) is 6.04. The summed E-state index contributed by atoms with van der Waals surface area (Å²) in [6.45, 7) is 2.29. The number of amides is 1. The van der Waals surface area contributed by atoms with Gasteiger partial charge in [0.1, 0.15) is 5.82 Å². The zero-order valence-electron chi connectivity index (χ0n) is 24.0. The van der Waals surface area contributed by atoms with Crippen LogP contribution in [0.3, 0.4) is 0 Å². The van der Waals surface area contributed by atoms with E-state index in [-0.39, 0.29) is 48.0 Å². The molecule has 222 valence electrons. The first kappa shape index (κ1) is 29.0. The zero-order chi connectivity index (χ0) is 30.2. The van der Waals surface area contributed by atoms with E-state index < -0.39 is 15.3 Å². The second-order valence-corrected chi connectivity index (χ2v) is 13.6. The van der Waals surface area contributed by atoms with Crippen LogP contribution in [0.5, 0.6) is 0 Å². The number of halogens is 1. The first-order valence-corrected chi connectivity index (χ1v) is 16.1. The highest BCUT2D eigenvalue weighted by atomic mass is 32.2. The minimum absolute atomic E-state index is 0.0463. The van der Waals surface area contributed by atoms with Crippen molar-refractivity contribution in [3.63, 3.8) is 0 Å². The van der Waals surface area contributed by atoms with Gasteiger partial charge in [0.2, 0.25) is 5.91 Å². The highest BCUT2D eigenvalue weighted by Crippen LogP contribution is 2.53. The van der Waals surface area contributed by atoms with E-state index >= 15 is 0 Å². The lowest BCUT2D eigenvalue weighted by Crippen LogP contribution is -2.43. The summed E-state index contributed by atoms with van der Waals surface area (Å²) in [7, 11) is -3.58. The molecule has 1 N–H and O–H groups in total. The van der Waals surface area contributed by atoms with E-state index in [1.54, 1.807) is 59.5 Å². The minimum Gasteiger partial charge on any atom is -0.395 e. The number of sulfone groups is 1. The number of rotatable bonds is 9. The molecule has 1 amide bonds. The number of hydrogen-bond acceptors (Lipinski definition) is 5. The Morgan fingerprint density at radius 3 is 2.47 bits per heavy atom. The number of fused-ring (bicyclic) bond motifs is 2. The zero-order valence-corrected chi connectivity index (χ0v) is 24.8. The highest BCUT2D eigenvalue weighted by molar-refractivity contribution is 7.90. The van der Waals surface area contributed by atoms with E-state index in [0.29, 0.717) is 18.4 Å². The molecule has 2 aliphatic rings. The lowest BCUT2D eigenvalue weighted by Gasteiger charge is -2.37. The van der Waals surface area contributed by atoms with Crippen LogP contribution in [-0.2, 0) is 33.4 Å². The number of aliphatic hydroxyl groups excluding tert-OH is 1. The van der Waals surface area contributed by atoms with Crippen molar-refractivity contribution >= 4 is 21.8 Å². The maximum atomic E-state index is 14.2. The van der Waals surface area contributed by atoms with Gasteiger partial charge in [-0.25, -0.2) is 17.5 Å². The molecule has 4 aromatic rings. The molecule has 1 heterocycles. The van der Waals surface area contributed by atoms with E-state index in [0.717, 1.165) is 28.9 Å². The molecule has 6 rings (SSSR count). The van der Waals surface area contributed by atoms with Crippen molar-refractivity contribution in [1.82, 2.24) is 14.7 Å². The number of nitrogens with zero attached hydrogens (tertiary/aromatic N) is 3. The van der Waals surface area contributed by atoms with E-state index in [1.165, 1.54) is 17.7 Å². The first-order valence-electron chi connectivity index (χ1n) is 14.5. The van der Waals surface area contributed by atoms with E-state index in [4.69, 9.17) is 0 Å². The Labute approximate surface area is 251 Å². The van der Waals surface area contributed by atoms with Gasteiger partial charge in [0, 0.05) is 24.4 Å². The molecule has 3 aromatic carbocycles. The fourth-order valence-corrected chi connectivity index (χ4v) is 8.04. The predicted octanol–water partition coefficient (Wildman–Crippen LogP) is 5.36.